The van der Waals surface area contributed by atoms with Crippen molar-refractivity contribution in [1.82, 2.24) is 0 Å². The number of urea groups is 1. The van der Waals surface area contributed by atoms with Crippen LogP contribution in [0.15, 0.2) is 46.9 Å². The van der Waals surface area contributed by atoms with Crippen LogP contribution in [0.2, 0.25) is 0 Å². The molecule has 2 aromatic rings. The highest BCUT2D eigenvalue weighted by atomic mass is 79.9. The molecule has 0 heterocycles. The minimum absolute atomic E-state index is 0.0328. The Morgan fingerprint density at radius 3 is 2.43 bits per heavy atom. The molecular formula is C14H10BrFN2O3. The number of benzene rings is 2. The van der Waals surface area contributed by atoms with Crippen molar-refractivity contribution in [1.29, 1.82) is 0 Å². The maximum absolute atomic E-state index is 13.0. The van der Waals surface area contributed by atoms with Crippen LogP contribution in [0, 0.1) is 5.82 Å². The molecule has 5 nitrogen and oxygen atoms in total. The molecular weight excluding hydrogens is 343 g/mol. The van der Waals surface area contributed by atoms with Crippen LogP contribution in [-0.4, -0.2) is 17.1 Å². The van der Waals surface area contributed by atoms with Gasteiger partial charge in [0, 0.05) is 15.8 Å². The summed E-state index contributed by atoms with van der Waals surface area (Å²) in [6.07, 6.45) is 0. The summed E-state index contributed by atoms with van der Waals surface area (Å²) in [4.78, 5) is 22.7. The van der Waals surface area contributed by atoms with E-state index < -0.39 is 17.8 Å². The Hall–Kier alpha value is -2.41. The lowest BCUT2D eigenvalue weighted by Crippen LogP contribution is -2.19. The third-order valence-corrected chi connectivity index (χ3v) is 2.94. The minimum Gasteiger partial charge on any atom is -0.478 e. The Balaban J connectivity index is 2.11. The van der Waals surface area contributed by atoms with Crippen molar-refractivity contribution in [3.63, 3.8) is 0 Å². The molecule has 3 N–H and O–H groups in total. The van der Waals surface area contributed by atoms with Crippen molar-refractivity contribution in [2.45, 2.75) is 0 Å². The van der Waals surface area contributed by atoms with Crippen molar-refractivity contribution in [3.8, 4) is 0 Å². The zero-order valence-corrected chi connectivity index (χ0v) is 12.1. The molecule has 0 aromatic heterocycles. The number of rotatable bonds is 3. The van der Waals surface area contributed by atoms with E-state index in [4.69, 9.17) is 5.11 Å². The first-order valence-electron chi connectivity index (χ1n) is 5.81. The summed E-state index contributed by atoms with van der Waals surface area (Å²) in [6.45, 7) is 0. The first-order valence-corrected chi connectivity index (χ1v) is 6.61. The fraction of sp³-hybridized carbons (Fsp3) is 0. The SMILES string of the molecule is O=C(Nc1cccc(F)c1)Nc1cc(Br)cc(C(=O)O)c1. The number of amides is 2. The topological polar surface area (TPSA) is 78.4 Å². The van der Waals surface area contributed by atoms with Gasteiger partial charge in [-0.3, -0.25) is 0 Å². The average molecular weight is 353 g/mol. The van der Waals surface area contributed by atoms with Crippen LogP contribution < -0.4 is 10.6 Å². The van der Waals surface area contributed by atoms with Crippen molar-refractivity contribution >= 4 is 39.3 Å². The third-order valence-electron chi connectivity index (χ3n) is 2.49. The van der Waals surface area contributed by atoms with E-state index >= 15 is 0 Å². The Kier molecular flexibility index (Phi) is 4.54. The fourth-order valence-corrected chi connectivity index (χ4v) is 2.14. The molecule has 0 bridgehead atoms. The standard InChI is InChI=1S/C14H10BrFN2O3/c15-9-4-8(13(19)20)5-12(6-9)18-14(21)17-11-3-1-2-10(16)7-11/h1-7H,(H,19,20)(H2,17,18,21). The van der Waals surface area contributed by atoms with Gasteiger partial charge in [0.1, 0.15) is 5.82 Å². The number of aromatic carboxylic acids is 1. The first kappa shape index (κ1) is 15.0. The van der Waals surface area contributed by atoms with Crippen molar-refractivity contribution in [2.24, 2.45) is 0 Å². The van der Waals surface area contributed by atoms with Crippen LogP contribution in [0.1, 0.15) is 10.4 Å². The van der Waals surface area contributed by atoms with Crippen LogP contribution in [0.25, 0.3) is 0 Å². The Bertz CT molecular complexity index is 706. The van der Waals surface area contributed by atoms with E-state index in [1.54, 1.807) is 6.07 Å². The van der Waals surface area contributed by atoms with Crippen LogP contribution in [0.3, 0.4) is 0 Å². The second-order valence-corrected chi connectivity index (χ2v) is 5.04. The normalized spacial score (nSPS) is 10.0. The number of halogens is 2. The second-order valence-electron chi connectivity index (χ2n) is 4.12. The summed E-state index contributed by atoms with van der Waals surface area (Å²) in [6, 6.07) is 9.11. The summed E-state index contributed by atoms with van der Waals surface area (Å²) in [7, 11) is 0. The van der Waals surface area contributed by atoms with Gasteiger partial charge in [0.25, 0.3) is 0 Å². The Morgan fingerprint density at radius 1 is 1.05 bits per heavy atom. The third kappa shape index (κ3) is 4.28. The highest BCUT2D eigenvalue weighted by molar-refractivity contribution is 9.10. The highest BCUT2D eigenvalue weighted by Gasteiger charge is 2.09. The summed E-state index contributed by atoms with van der Waals surface area (Å²) < 4.78 is 13.5. The van der Waals surface area contributed by atoms with Gasteiger partial charge in [-0.2, -0.15) is 0 Å². The highest BCUT2D eigenvalue weighted by Crippen LogP contribution is 2.20. The molecule has 0 aliphatic rings. The minimum atomic E-state index is -1.11. The van der Waals surface area contributed by atoms with Crippen LogP contribution >= 0.6 is 15.9 Å². The van der Waals surface area contributed by atoms with E-state index in [2.05, 4.69) is 26.6 Å². The van der Waals surface area contributed by atoms with E-state index in [0.717, 1.165) is 0 Å². The van der Waals surface area contributed by atoms with Gasteiger partial charge in [0.15, 0.2) is 0 Å². The van der Waals surface area contributed by atoms with E-state index in [9.17, 15) is 14.0 Å². The molecule has 0 radical (unpaired) electrons. The van der Waals surface area contributed by atoms with Crippen molar-refractivity contribution in [2.75, 3.05) is 10.6 Å². The predicted molar refractivity (Wildman–Crippen MR) is 80.1 cm³/mol. The molecule has 2 aromatic carbocycles. The van der Waals surface area contributed by atoms with Crippen molar-refractivity contribution < 1.29 is 19.1 Å². The van der Waals surface area contributed by atoms with Gasteiger partial charge in [-0.1, -0.05) is 22.0 Å². The molecule has 21 heavy (non-hydrogen) atoms. The quantitative estimate of drug-likeness (QED) is 0.782. The lowest BCUT2D eigenvalue weighted by molar-refractivity contribution is 0.0697. The van der Waals surface area contributed by atoms with Gasteiger partial charge in [0.05, 0.1) is 5.56 Å². The number of carbonyl (C=O) groups is 2. The largest absolute Gasteiger partial charge is 0.478 e. The van der Waals surface area contributed by atoms with E-state index in [-0.39, 0.29) is 5.56 Å². The average Bonchev–Trinajstić information content (AvgIpc) is 2.37. The summed E-state index contributed by atoms with van der Waals surface area (Å²) in [5.74, 6) is -1.58. The number of hydrogen-bond acceptors (Lipinski definition) is 2. The number of nitrogens with one attached hydrogen (secondary N) is 2. The lowest BCUT2D eigenvalue weighted by atomic mass is 10.2. The number of carboxylic acid groups (broad SMARTS) is 1. The zero-order chi connectivity index (χ0) is 15.4. The van der Waals surface area contributed by atoms with Gasteiger partial charge in [-0.25, -0.2) is 14.0 Å². The van der Waals surface area contributed by atoms with Crippen molar-refractivity contribution in [3.05, 3.63) is 58.3 Å². The summed E-state index contributed by atoms with van der Waals surface area (Å²) >= 11 is 3.16. The summed E-state index contributed by atoms with van der Waals surface area (Å²) in [5, 5.41) is 13.9. The molecule has 0 saturated heterocycles. The van der Waals surface area contributed by atoms with E-state index in [0.29, 0.717) is 15.8 Å². The van der Waals surface area contributed by atoms with E-state index in [1.807, 2.05) is 0 Å². The van der Waals surface area contributed by atoms with Crippen LogP contribution in [-0.2, 0) is 0 Å². The second kappa shape index (κ2) is 6.36. The number of anilines is 2. The maximum atomic E-state index is 13.0. The molecule has 0 unspecified atom stereocenters. The molecule has 0 aliphatic carbocycles. The predicted octanol–water partition coefficient (Wildman–Crippen LogP) is 3.93. The monoisotopic (exact) mass is 352 g/mol. The first-order chi connectivity index (χ1) is 9.94. The molecule has 0 fully saturated rings. The fourth-order valence-electron chi connectivity index (χ4n) is 1.64. The molecule has 2 amide bonds. The molecule has 108 valence electrons. The lowest BCUT2D eigenvalue weighted by Gasteiger charge is -2.09. The Morgan fingerprint density at radius 2 is 1.76 bits per heavy atom. The molecule has 0 atom stereocenters. The molecule has 0 aliphatic heterocycles. The molecule has 0 saturated carbocycles. The van der Waals surface area contributed by atoms with Crippen LogP contribution in [0.5, 0.6) is 0 Å². The van der Waals surface area contributed by atoms with Gasteiger partial charge in [-0.05, 0) is 36.4 Å². The number of hydrogen-bond donors (Lipinski definition) is 3. The van der Waals surface area contributed by atoms with E-state index in [1.165, 1.54) is 36.4 Å². The van der Waals surface area contributed by atoms with Crippen LogP contribution in [0.4, 0.5) is 20.6 Å². The smallest absolute Gasteiger partial charge is 0.335 e. The van der Waals surface area contributed by atoms with Gasteiger partial charge in [-0.15, -0.1) is 0 Å². The molecule has 2 rings (SSSR count). The van der Waals surface area contributed by atoms with Gasteiger partial charge >= 0.3 is 12.0 Å². The van der Waals surface area contributed by atoms with Gasteiger partial charge in [0.2, 0.25) is 0 Å². The van der Waals surface area contributed by atoms with Gasteiger partial charge < -0.3 is 15.7 Å². The Labute approximate surface area is 127 Å². The zero-order valence-electron chi connectivity index (χ0n) is 10.6. The molecule has 0 spiro atoms. The molecule has 7 heteroatoms. The number of carbonyl (C=O) groups excluding carboxylic acids is 1. The number of carboxylic acids is 1. The summed E-state index contributed by atoms with van der Waals surface area (Å²) in [5.41, 5.74) is 0.627. The maximum Gasteiger partial charge on any atom is 0.335 e.